The van der Waals surface area contributed by atoms with E-state index in [4.69, 9.17) is 16.3 Å². The summed E-state index contributed by atoms with van der Waals surface area (Å²) in [5.74, 6) is -0.938. The Kier molecular flexibility index (Phi) is 6.26. The van der Waals surface area contributed by atoms with Gasteiger partial charge in [0.15, 0.2) is 0 Å². The molecule has 138 valence electrons. The van der Waals surface area contributed by atoms with Crippen molar-refractivity contribution < 1.29 is 14.3 Å². The number of nitrogens with one attached hydrogen (secondary N) is 1. The summed E-state index contributed by atoms with van der Waals surface area (Å²) in [5.41, 5.74) is 2.08. The molecule has 0 saturated heterocycles. The number of amides is 1. The van der Waals surface area contributed by atoms with Crippen molar-refractivity contribution >= 4 is 55.7 Å². The molecular weight excluding hydrogens is 452 g/mol. The molecule has 2 aromatic heterocycles. The number of rotatable bonds is 5. The molecule has 0 bridgehead atoms. The van der Waals surface area contributed by atoms with Crippen LogP contribution in [0.15, 0.2) is 52.4 Å². The van der Waals surface area contributed by atoms with Gasteiger partial charge in [-0.3, -0.25) is 4.79 Å². The maximum atomic E-state index is 12.6. The van der Waals surface area contributed by atoms with Gasteiger partial charge >= 0.3 is 5.97 Å². The molecule has 1 aromatic carbocycles. The molecule has 1 N–H and O–H groups in total. The van der Waals surface area contributed by atoms with Crippen molar-refractivity contribution in [3.8, 4) is 11.1 Å². The Balaban J connectivity index is 2.00. The molecule has 0 radical (unpaired) electrons. The Bertz CT molecular complexity index is 989. The van der Waals surface area contributed by atoms with E-state index in [1.54, 1.807) is 19.1 Å². The van der Waals surface area contributed by atoms with Crippen LogP contribution in [0, 0.1) is 0 Å². The van der Waals surface area contributed by atoms with Gasteiger partial charge in [-0.2, -0.15) is 0 Å². The van der Waals surface area contributed by atoms with E-state index >= 15 is 0 Å². The highest BCUT2D eigenvalue weighted by Crippen LogP contribution is 2.37. The number of nitrogens with zero attached hydrogens (tertiary/aromatic N) is 1. The van der Waals surface area contributed by atoms with Crippen LogP contribution in [-0.2, 0) is 4.74 Å². The first kappa shape index (κ1) is 19.5. The molecule has 3 aromatic rings. The molecule has 0 aliphatic carbocycles. The molecule has 0 aliphatic heterocycles. The minimum Gasteiger partial charge on any atom is -0.462 e. The van der Waals surface area contributed by atoms with Crippen molar-refractivity contribution in [2.75, 3.05) is 11.9 Å². The zero-order valence-electron chi connectivity index (χ0n) is 14.2. The van der Waals surface area contributed by atoms with Crippen LogP contribution in [0.4, 0.5) is 5.00 Å². The molecule has 27 heavy (non-hydrogen) atoms. The fourth-order valence-electron chi connectivity index (χ4n) is 2.42. The lowest BCUT2D eigenvalue weighted by Gasteiger charge is -2.09. The molecule has 2 heterocycles. The fourth-order valence-corrected chi connectivity index (χ4v) is 3.85. The van der Waals surface area contributed by atoms with Gasteiger partial charge in [-0.15, -0.1) is 11.3 Å². The number of halogens is 2. The van der Waals surface area contributed by atoms with Crippen LogP contribution in [0.2, 0.25) is 5.15 Å². The van der Waals surface area contributed by atoms with E-state index < -0.39 is 11.9 Å². The monoisotopic (exact) mass is 464 g/mol. The van der Waals surface area contributed by atoms with Gasteiger partial charge in [-0.25, -0.2) is 9.78 Å². The number of carbonyl (C=O) groups is 2. The standard InChI is InChI=1S/C19H14BrClN2O3S/c1-2-26-19(25)15-14(11-5-7-12(20)8-6-11)10-27-18(15)23-17(24)13-4-3-9-22-16(13)21/h3-10H,2H2,1H3,(H,23,24). The topological polar surface area (TPSA) is 68.3 Å². The number of pyridine rings is 1. The molecule has 5 nitrogen and oxygen atoms in total. The molecule has 0 unspecified atom stereocenters. The van der Waals surface area contributed by atoms with Gasteiger partial charge in [-0.1, -0.05) is 39.7 Å². The lowest BCUT2D eigenvalue weighted by atomic mass is 10.0. The number of ether oxygens (including phenoxy) is 1. The molecule has 1 amide bonds. The Labute approximate surface area is 173 Å². The second kappa shape index (κ2) is 8.65. The van der Waals surface area contributed by atoms with E-state index in [2.05, 4.69) is 26.2 Å². The summed E-state index contributed by atoms with van der Waals surface area (Å²) in [4.78, 5) is 29.0. The summed E-state index contributed by atoms with van der Waals surface area (Å²) < 4.78 is 6.12. The van der Waals surface area contributed by atoms with Gasteiger partial charge in [-0.05, 0) is 36.8 Å². The van der Waals surface area contributed by atoms with Crippen molar-refractivity contribution in [3.05, 3.63) is 68.7 Å². The van der Waals surface area contributed by atoms with Crippen molar-refractivity contribution in [1.29, 1.82) is 0 Å². The van der Waals surface area contributed by atoms with Gasteiger partial charge < -0.3 is 10.1 Å². The summed E-state index contributed by atoms with van der Waals surface area (Å²) in [6.07, 6.45) is 1.50. The van der Waals surface area contributed by atoms with Gasteiger partial charge in [0.25, 0.3) is 5.91 Å². The van der Waals surface area contributed by atoms with Crippen molar-refractivity contribution in [3.63, 3.8) is 0 Å². The highest BCUT2D eigenvalue weighted by molar-refractivity contribution is 9.10. The first-order valence-corrected chi connectivity index (χ1v) is 10.0. The van der Waals surface area contributed by atoms with E-state index in [0.29, 0.717) is 16.1 Å². The maximum Gasteiger partial charge on any atom is 0.341 e. The normalized spacial score (nSPS) is 10.5. The van der Waals surface area contributed by atoms with E-state index in [9.17, 15) is 9.59 Å². The van der Waals surface area contributed by atoms with Gasteiger partial charge in [0.2, 0.25) is 0 Å². The van der Waals surface area contributed by atoms with Crippen molar-refractivity contribution in [1.82, 2.24) is 4.98 Å². The lowest BCUT2D eigenvalue weighted by Crippen LogP contribution is -2.15. The fraction of sp³-hybridized carbons (Fsp3) is 0.105. The summed E-state index contributed by atoms with van der Waals surface area (Å²) in [7, 11) is 0. The van der Waals surface area contributed by atoms with Crippen molar-refractivity contribution in [2.24, 2.45) is 0 Å². The minimum atomic E-state index is -0.496. The SMILES string of the molecule is CCOC(=O)c1c(-c2ccc(Br)cc2)csc1NC(=O)c1cccnc1Cl. The lowest BCUT2D eigenvalue weighted by molar-refractivity contribution is 0.0529. The van der Waals surface area contributed by atoms with Gasteiger partial charge in [0.1, 0.15) is 15.7 Å². The van der Waals surface area contributed by atoms with Crippen LogP contribution in [0.3, 0.4) is 0 Å². The molecule has 0 spiro atoms. The van der Waals surface area contributed by atoms with Crippen LogP contribution in [0.25, 0.3) is 11.1 Å². The predicted octanol–water partition coefficient (Wildman–Crippen LogP) is 5.66. The first-order chi connectivity index (χ1) is 13.0. The second-order valence-electron chi connectivity index (χ2n) is 5.38. The van der Waals surface area contributed by atoms with Crippen LogP contribution < -0.4 is 5.32 Å². The summed E-state index contributed by atoms with van der Waals surface area (Å²) in [6, 6.07) is 10.7. The molecule has 3 rings (SSSR count). The van der Waals surface area contributed by atoms with E-state index in [1.807, 2.05) is 29.6 Å². The van der Waals surface area contributed by atoms with Gasteiger partial charge in [0.05, 0.1) is 12.2 Å². The molecule has 0 fully saturated rings. The number of anilines is 1. The average Bonchev–Trinajstić information content (AvgIpc) is 3.06. The van der Waals surface area contributed by atoms with Gasteiger partial charge in [0, 0.05) is 21.6 Å². The zero-order chi connectivity index (χ0) is 19.4. The first-order valence-electron chi connectivity index (χ1n) is 7.97. The molecular formula is C19H14BrClN2O3S. The van der Waals surface area contributed by atoms with Crippen molar-refractivity contribution in [2.45, 2.75) is 6.92 Å². The predicted molar refractivity (Wildman–Crippen MR) is 111 cm³/mol. The molecule has 0 saturated carbocycles. The largest absolute Gasteiger partial charge is 0.462 e. The smallest absolute Gasteiger partial charge is 0.341 e. The second-order valence-corrected chi connectivity index (χ2v) is 7.53. The number of carbonyl (C=O) groups excluding carboxylic acids is 2. The molecule has 8 heteroatoms. The Hall–Kier alpha value is -2.22. The number of esters is 1. The Morgan fingerprint density at radius 1 is 1.26 bits per heavy atom. The molecule has 0 atom stereocenters. The minimum absolute atomic E-state index is 0.0948. The summed E-state index contributed by atoms with van der Waals surface area (Å²) in [6.45, 7) is 1.97. The maximum absolute atomic E-state index is 12.6. The van der Waals surface area contributed by atoms with E-state index in [1.165, 1.54) is 17.5 Å². The summed E-state index contributed by atoms with van der Waals surface area (Å²) in [5, 5.41) is 5.06. The third-order valence-corrected chi connectivity index (χ3v) is 5.38. The van der Waals surface area contributed by atoms with E-state index in [0.717, 1.165) is 10.0 Å². The number of hydrogen-bond donors (Lipinski definition) is 1. The van der Waals surface area contributed by atoms with Crippen LogP contribution in [0.1, 0.15) is 27.6 Å². The quantitative estimate of drug-likeness (QED) is 0.390. The Morgan fingerprint density at radius 2 is 2.00 bits per heavy atom. The summed E-state index contributed by atoms with van der Waals surface area (Å²) >= 11 is 10.6. The highest BCUT2D eigenvalue weighted by atomic mass is 79.9. The van der Waals surface area contributed by atoms with Crippen LogP contribution >= 0.6 is 38.9 Å². The third kappa shape index (κ3) is 4.37. The number of hydrogen-bond acceptors (Lipinski definition) is 5. The molecule has 0 aliphatic rings. The number of benzene rings is 1. The number of aromatic nitrogens is 1. The van der Waals surface area contributed by atoms with Crippen LogP contribution in [0.5, 0.6) is 0 Å². The Morgan fingerprint density at radius 3 is 2.67 bits per heavy atom. The average molecular weight is 466 g/mol. The van der Waals surface area contributed by atoms with E-state index in [-0.39, 0.29) is 17.3 Å². The van der Waals surface area contributed by atoms with Crippen LogP contribution in [-0.4, -0.2) is 23.5 Å². The highest BCUT2D eigenvalue weighted by Gasteiger charge is 2.23. The third-order valence-electron chi connectivity index (χ3n) is 3.66. The zero-order valence-corrected chi connectivity index (χ0v) is 17.3. The number of thiophene rings is 1.